The van der Waals surface area contributed by atoms with Gasteiger partial charge in [0.15, 0.2) is 5.13 Å². The molecule has 29 heavy (non-hydrogen) atoms. The summed E-state index contributed by atoms with van der Waals surface area (Å²) in [5.74, 6) is -0.341. The molecule has 1 amide bonds. The number of benzene rings is 1. The van der Waals surface area contributed by atoms with Gasteiger partial charge in [0.25, 0.3) is 10.0 Å². The number of carbonyl (C=O) groups excluding carboxylic acids is 1. The van der Waals surface area contributed by atoms with E-state index in [4.69, 9.17) is 11.6 Å². The first-order chi connectivity index (χ1) is 13.9. The van der Waals surface area contributed by atoms with Crippen LogP contribution < -0.4 is 5.32 Å². The van der Waals surface area contributed by atoms with Crippen LogP contribution in [0.15, 0.2) is 39.4 Å². The Morgan fingerprint density at radius 3 is 2.66 bits per heavy atom. The normalized spacial score (nSPS) is 16.3. The summed E-state index contributed by atoms with van der Waals surface area (Å²) in [4.78, 5) is 18.3. The summed E-state index contributed by atoms with van der Waals surface area (Å²) in [6, 6.07) is 9.09. The van der Waals surface area contributed by atoms with E-state index in [1.54, 1.807) is 17.8 Å². The molecule has 1 saturated heterocycles. The molecule has 0 radical (unpaired) electrons. The van der Waals surface area contributed by atoms with Gasteiger partial charge in [-0.05, 0) is 43.4 Å². The van der Waals surface area contributed by atoms with E-state index in [0.717, 1.165) is 26.4 Å². The highest BCUT2D eigenvalue weighted by molar-refractivity contribution is 7.98. The van der Waals surface area contributed by atoms with Gasteiger partial charge in [-0.1, -0.05) is 29.0 Å². The maximum absolute atomic E-state index is 12.7. The number of thioether (sulfide) groups is 1. The molecule has 0 bridgehead atoms. The van der Waals surface area contributed by atoms with Gasteiger partial charge >= 0.3 is 0 Å². The fourth-order valence-electron chi connectivity index (χ4n) is 3.27. The number of sulfonamides is 1. The molecule has 1 aromatic carbocycles. The number of rotatable bonds is 5. The number of thiazole rings is 1. The van der Waals surface area contributed by atoms with Gasteiger partial charge in [0.2, 0.25) is 5.91 Å². The van der Waals surface area contributed by atoms with Crippen molar-refractivity contribution < 1.29 is 13.2 Å². The molecular weight excluding hydrogens is 470 g/mol. The van der Waals surface area contributed by atoms with Crippen molar-refractivity contribution in [2.24, 2.45) is 5.92 Å². The predicted molar refractivity (Wildman–Crippen MR) is 121 cm³/mol. The van der Waals surface area contributed by atoms with E-state index < -0.39 is 10.0 Å². The maximum Gasteiger partial charge on any atom is 0.252 e. The first-order valence-corrected chi connectivity index (χ1v) is 13.6. The van der Waals surface area contributed by atoms with Gasteiger partial charge in [-0.3, -0.25) is 4.79 Å². The Morgan fingerprint density at radius 2 is 2.00 bits per heavy atom. The lowest BCUT2D eigenvalue weighted by molar-refractivity contribution is -0.120. The second kappa shape index (κ2) is 8.52. The van der Waals surface area contributed by atoms with Crippen LogP contribution in [-0.4, -0.2) is 43.0 Å². The molecule has 3 heterocycles. The van der Waals surface area contributed by atoms with E-state index in [1.807, 2.05) is 24.5 Å². The molecule has 154 valence electrons. The van der Waals surface area contributed by atoms with Crippen LogP contribution in [-0.2, 0) is 14.8 Å². The van der Waals surface area contributed by atoms with E-state index in [9.17, 15) is 13.2 Å². The van der Waals surface area contributed by atoms with Crippen molar-refractivity contribution in [2.45, 2.75) is 21.9 Å². The van der Waals surface area contributed by atoms with E-state index in [0.29, 0.717) is 35.4 Å². The Hall–Kier alpha value is -1.17. The SMILES string of the molecule is CSc1cccc2sc(NC(=O)C3CCN(S(=O)(=O)c4ccc(Cl)s4)CC3)nc12. The van der Waals surface area contributed by atoms with Crippen molar-refractivity contribution in [2.75, 3.05) is 24.7 Å². The molecule has 0 unspecified atom stereocenters. The Labute approximate surface area is 186 Å². The fourth-order valence-corrected chi connectivity index (χ4v) is 7.90. The van der Waals surface area contributed by atoms with E-state index in [1.165, 1.54) is 21.7 Å². The minimum Gasteiger partial charge on any atom is -0.302 e. The third-order valence-electron chi connectivity index (χ3n) is 4.80. The molecule has 1 aliphatic heterocycles. The molecule has 3 aromatic rings. The van der Waals surface area contributed by atoms with Gasteiger partial charge in [-0.15, -0.1) is 23.1 Å². The largest absolute Gasteiger partial charge is 0.302 e. The van der Waals surface area contributed by atoms with E-state index in [2.05, 4.69) is 10.3 Å². The topological polar surface area (TPSA) is 79.4 Å². The number of carbonyl (C=O) groups is 1. The molecular formula is C18H18ClN3O3S4. The molecule has 11 heteroatoms. The zero-order valence-corrected chi connectivity index (χ0v) is 19.4. The molecule has 6 nitrogen and oxygen atoms in total. The van der Waals surface area contributed by atoms with Gasteiger partial charge in [0, 0.05) is 23.9 Å². The summed E-state index contributed by atoms with van der Waals surface area (Å²) >= 11 is 9.99. The lowest BCUT2D eigenvalue weighted by Gasteiger charge is -2.29. The summed E-state index contributed by atoms with van der Waals surface area (Å²) in [5.41, 5.74) is 0.899. The Morgan fingerprint density at radius 1 is 1.24 bits per heavy atom. The number of aromatic nitrogens is 1. The number of thiophene rings is 1. The number of fused-ring (bicyclic) bond motifs is 1. The summed E-state index contributed by atoms with van der Waals surface area (Å²) in [7, 11) is -3.55. The van der Waals surface area contributed by atoms with Crippen LogP contribution >= 0.6 is 46.0 Å². The minimum atomic E-state index is -3.55. The summed E-state index contributed by atoms with van der Waals surface area (Å²) in [6.45, 7) is 0.624. The van der Waals surface area contributed by atoms with Gasteiger partial charge in [0.05, 0.1) is 14.6 Å². The highest BCUT2D eigenvalue weighted by Gasteiger charge is 2.33. The smallest absolute Gasteiger partial charge is 0.252 e. The van der Waals surface area contributed by atoms with Crippen molar-refractivity contribution in [1.29, 1.82) is 0 Å². The number of hydrogen-bond donors (Lipinski definition) is 1. The molecule has 0 atom stereocenters. The van der Waals surface area contributed by atoms with Crippen molar-refractivity contribution in [1.82, 2.24) is 9.29 Å². The van der Waals surface area contributed by atoms with Crippen LogP contribution in [0, 0.1) is 5.92 Å². The third kappa shape index (κ3) is 4.33. The van der Waals surface area contributed by atoms with Crippen LogP contribution in [0.25, 0.3) is 10.2 Å². The van der Waals surface area contributed by atoms with Crippen LogP contribution in [0.2, 0.25) is 4.34 Å². The second-order valence-electron chi connectivity index (χ2n) is 6.55. The monoisotopic (exact) mass is 487 g/mol. The highest BCUT2D eigenvalue weighted by atomic mass is 35.5. The number of amides is 1. The zero-order chi connectivity index (χ0) is 20.6. The molecule has 4 rings (SSSR count). The van der Waals surface area contributed by atoms with Gasteiger partial charge < -0.3 is 5.32 Å². The second-order valence-corrected chi connectivity index (χ2v) is 12.3. The lowest BCUT2D eigenvalue weighted by Crippen LogP contribution is -2.41. The predicted octanol–water partition coefficient (Wildman–Crippen LogP) is 4.77. The standard InChI is InChI=1S/C18H18ClN3O3S4/c1-26-12-3-2-4-13-16(12)20-18(27-13)21-17(23)11-7-9-22(10-8-11)29(24,25)15-6-5-14(19)28-15/h2-6,11H,7-10H2,1H3,(H,20,21,23). The van der Waals surface area contributed by atoms with E-state index in [-0.39, 0.29) is 16.0 Å². The molecule has 1 N–H and O–H groups in total. The van der Waals surface area contributed by atoms with Gasteiger partial charge in [0.1, 0.15) is 4.21 Å². The highest BCUT2D eigenvalue weighted by Crippen LogP contribution is 2.34. The van der Waals surface area contributed by atoms with E-state index >= 15 is 0 Å². The minimum absolute atomic E-state index is 0.106. The first kappa shape index (κ1) is 21.1. The third-order valence-corrected chi connectivity index (χ3v) is 10.1. The van der Waals surface area contributed by atoms with Crippen LogP contribution in [0.1, 0.15) is 12.8 Å². The van der Waals surface area contributed by atoms with Crippen molar-refractivity contribution >= 4 is 77.3 Å². The number of nitrogens with zero attached hydrogens (tertiary/aromatic N) is 2. The molecule has 0 saturated carbocycles. The maximum atomic E-state index is 12.7. The first-order valence-electron chi connectivity index (χ1n) is 8.88. The van der Waals surface area contributed by atoms with Crippen molar-refractivity contribution in [3.63, 3.8) is 0 Å². The number of nitrogens with one attached hydrogen (secondary N) is 1. The molecule has 1 aliphatic rings. The molecule has 1 fully saturated rings. The Balaban J connectivity index is 1.40. The average Bonchev–Trinajstić information content (AvgIpc) is 3.33. The number of para-hydroxylation sites is 1. The van der Waals surface area contributed by atoms with Crippen LogP contribution in [0.4, 0.5) is 5.13 Å². The quantitative estimate of drug-likeness (QED) is 0.524. The summed E-state index contributed by atoms with van der Waals surface area (Å²) < 4.78 is 28.5. The zero-order valence-electron chi connectivity index (χ0n) is 15.4. The average molecular weight is 488 g/mol. The summed E-state index contributed by atoms with van der Waals surface area (Å²) in [5, 5.41) is 3.50. The molecule has 0 spiro atoms. The Bertz CT molecular complexity index is 1150. The van der Waals surface area contributed by atoms with Crippen LogP contribution in [0.3, 0.4) is 0 Å². The van der Waals surface area contributed by atoms with Gasteiger partial charge in [-0.2, -0.15) is 4.31 Å². The van der Waals surface area contributed by atoms with Crippen LogP contribution in [0.5, 0.6) is 0 Å². The van der Waals surface area contributed by atoms with Gasteiger partial charge in [-0.25, -0.2) is 13.4 Å². The fraction of sp³-hybridized carbons (Fsp3) is 0.333. The van der Waals surface area contributed by atoms with Crippen molar-refractivity contribution in [3.05, 3.63) is 34.7 Å². The number of halogens is 1. The number of piperidine rings is 1. The molecule has 2 aromatic heterocycles. The molecule has 0 aliphatic carbocycles. The van der Waals surface area contributed by atoms with Crippen molar-refractivity contribution in [3.8, 4) is 0 Å². The number of hydrogen-bond acceptors (Lipinski definition) is 7. The lowest BCUT2D eigenvalue weighted by atomic mass is 9.97. The number of anilines is 1. The Kier molecular flexibility index (Phi) is 6.19. The summed E-state index contributed by atoms with van der Waals surface area (Å²) in [6.07, 6.45) is 2.95.